The second-order valence-electron chi connectivity index (χ2n) is 25.7. The number of carbonyl (C=O) groups is 4. The average Bonchev–Trinajstić information content (AvgIpc) is 0.780. The zero-order valence-electron chi connectivity index (χ0n) is 58.1. The maximum atomic E-state index is 14.1. The quantitative estimate of drug-likeness (QED) is 0.0233. The smallest absolute Gasteiger partial charge is 1.00 e. The Morgan fingerprint density at radius 3 is 0.943 bits per heavy atom. The molecule has 0 aromatic heterocycles. The number of hydrogen-bond donors (Lipinski definition) is 3. The van der Waals surface area contributed by atoms with Crippen LogP contribution in [0, 0.1) is 59.8 Å². The Morgan fingerprint density at radius 2 is 0.676 bits per heavy atom. The summed E-state index contributed by atoms with van der Waals surface area (Å²) < 4.78 is 140. The van der Waals surface area contributed by atoms with E-state index >= 15 is 0 Å². The number of benzene rings is 9. The SMILES string of the molecule is CC(O)C[C@]1(c2ccc(F)cc2)CCN([C@@H](C)c2ccc(-c3ccc(F)cc3F)cc2)C(=O)O1.C[C@@H](c1ccc(-c2ccc(F)cc2F)cc1)N1CC[C@](CC(O)CO)(c2ccc(F)cc2)OC1=O.C[C@@H](c1ccc(-c2ccc(F)cc2F)cc1)N1CC[C@](CC=O)(c2ccc(F)cc2)OC1=O.[Br-].[CH3-].[Mg+2]. The van der Waals surface area contributed by atoms with Crippen molar-refractivity contribution in [2.45, 2.75) is 113 Å². The van der Waals surface area contributed by atoms with Crippen molar-refractivity contribution in [1.82, 2.24) is 14.7 Å². The molecule has 0 radical (unpaired) electrons. The molecule has 105 heavy (non-hydrogen) atoms. The molecule has 3 amide bonds. The predicted molar refractivity (Wildman–Crippen MR) is 375 cm³/mol. The van der Waals surface area contributed by atoms with Crippen LogP contribution in [-0.2, 0) is 35.8 Å². The van der Waals surface area contributed by atoms with E-state index in [-0.39, 0.29) is 96.0 Å². The van der Waals surface area contributed by atoms with E-state index in [0.717, 1.165) is 34.9 Å². The van der Waals surface area contributed by atoms with Gasteiger partial charge in [-0.15, -0.1) is 0 Å². The number of halogens is 10. The van der Waals surface area contributed by atoms with Gasteiger partial charge in [0.1, 0.15) is 75.4 Å². The Balaban J connectivity index is 0.000000217. The molecule has 12 rings (SSSR count). The fraction of sp³-hybridized carbons (Fsp3) is 0.272. The molecule has 3 aliphatic heterocycles. The first-order valence-electron chi connectivity index (χ1n) is 33.1. The van der Waals surface area contributed by atoms with Crippen LogP contribution in [0.1, 0.15) is 118 Å². The van der Waals surface area contributed by atoms with E-state index in [1.54, 1.807) is 107 Å². The van der Waals surface area contributed by atoms with E-state index in [4.69, 9.17) is 14.2 Å². The van der Waals surface area contributed by atoms with E-state index < -0.39 is 106 Å². The second-order valence-corrected chi connectivity index (χ2v) is 25.7. The topological polar surface area (TPSA) is 166 Å². The summed E-state index contributed by atoms with van der Waals surface area (Å²) in [6, 6.07) is 47.2. The van der Waals surface area contributed by atoms with Crippen molar-refractivity contribution in [3.8, 4) is 33.4 Å². The van der Waals surface area contributed by atoms with Gasteiger partial charge in [0.15, 0.2) is 0 Å². The first kappa shape index (κ1) is 83.2. The van der Waals surface area contributed by atoms with Gasteiger partial charge >= 0.3 is 41.3 Å². The number of aliphatic hydroxyl groups excluding tert-OH is 3. The molecule has 0 bridgehead atoms. The molecule has 3 heterocycles. The molecule has 0 aliphatic carbocycles. The fourth-order valence-corrected chi connectivity index (χ4v) is 13.3. The van der Waals surface area contributed by atoms with Crippen molar-refractivity contribution in [1.29, 1.82) is 0 Å². The number of cyclic esters (lactones) is 3. The Morgan fingerprint density at radius 1 is 0.410 bits per heavy atom. The Kier molecular flexibility index (Phi) is 28.8. The van der Waals surface area contributed by atoms with Crippen LogP contribution in [0.3, 0.4) is 0 Å². The van der Waals surface area contributed by atoms with Crippen LogP contribution in [0.5, 0.6) is 0 Å². The maximum Gasteiger partial charge on any atom is 2.00 e. The minimum absolute atomic E-state index is 0. The minimum atomic E-state index is -1.20. The number of rotatable bonds is 19. The monoisotopic (exact) mass is 1530 g/mol. The van der Waals surface area contributed by atoms with Gasteiger partial charge in [-0.2, -0.15) is 0 Å². The largest absolute Gasteiger partial charge is 2.00 e. The van der Waals surface area contributed by atoms with Gasteiger partial charge in [0.25, 0.3) is 0 Å². The van der Waals surface area contributed by atoms with Crippen molar-refractivity contribution < 1.29 is 105 Å². The molecule has 8 atom stereocenters. The van der Waals surface area contributed by atoms with Crippen molar-refractivity contribution in [3.63, 3.8) is 0 Å². The van der Waals surface area contributed by atoms with Gasteiger partial charge < -0.3 is 73.4 Å². The molecule has 0 spiro atoms. The molecular weight excluding hydrogens is 1450 g/mol. The van der Waals surface area contributed by atoms with Crippen molar-refractivity contribution >= 4 is 47.6 Å². The minimum Gasteiger partial charge on any atom is -1.00 e. The fourth-order valence-electron chi connectivity index (χ4n) is 13.3. The Bertz CT molecular complexity index is 4420. The second kappa shape index (κ2) is 36.3. The van der Waals surface area contributed by atoms with E-state index in [1.807, 2.05) is 20.8 Å². The first-order valence-corrected chi connectivity index (χ1v) is 33.1. The number of aldehydes is 1. The van der Waals surface area contributed by atoms with Crippen LogP contribution in [0.2, 0.25) is 0 Å². The third-order valence-electron chi connectivity index (χ3n) is 19.1. The van der Waals surface area contributed by atoms with Gasteiger partial charge in [-0.25, -0.2) is 53.9 Å². The van der Waals surface area contributed by atoms with Crippen LogP contribution in [-0.4, -0.2) is 116 Å². The van der Waals surface area contributed by atoms with Gasteiger partial charge in [-0.3, -0.25) is 0 Å². The summed E-state index contributed by atoms with van der Waals surface area (Å²) in [5.74, 6) is -5.13. The van der Waals surface area contributed by atoms with Crippen LogP contribution >= 0.6 is 0 Å². The van der Waals surface area contributed by atoms with Crippen LogP contribution in [0.25, 0.3) is 33.4 Å². The third kappa shape index (κ3) is 19.5. The molecular formula is C81H77BrF9MgN3O10. The molecule has 3 saturated heterocycles. The van der Waals surface area contributed by atoms with E-state index in [9.17, 15) is 74.0 Å². The van der Waals surface area contributed by atoms with Crippen molar-refractivity contribution in [2.24, 2.45) is 0 Å². The number of ether oxygens (including phenoxy) is 3. The molecule has 9 aromatic carbocycles. The molecule has 3 aliphatic rings. The van der Waals surface area contributed by atoms with Crippen molar-refractivity contribution in [3.05, 3.63) is 293 Å². The third-order valence-corrected chi connectivity index (χ3v) is 19.1. The van der Waals surface area contributed by atoms with E-state index in [1.165, 1.54) is 97.1 Å². The molecule has 9 aromatic rings. The molecule has 2 unspecified atom stereocenters. The summed E-state index contributed by atoms with van der Waals surface area (Å²) in [6.45, 7) is 7.68. The maximum absolute atomic E-state index is 14.1. The van der Waals surface area contributed by atoms with Crippen molar-refractivity contribution in [2.75, 3.05) is 26.2 Å². The van der Waals surface area contributed by atoms with Crippen LogP contribution < -0.4 is 17.0 Å². The van der Waals surface area contributed by atoms with E-state index in [2.05, 4.69) is 0 Å². The average molecular weight is 1530 g/mol. The number of amides is 3. The molecule has 13 nitrogen and oxygen atoms in total. The summed E-state index contributed by atoms with van der Waals surface area (Å²) in [5, 5.41) is 29.5. The number of carbonyl (C=O) groups excluding carboxylic acids is 4. The normalized spacial score (nSPS) is 19.1. The number of nitrogens with zero attached hydrogens (tertiary/aromatic N) is 3. The Hall–Kier alpha value is -9.04. The Labute approximate surface area is 630 Å². The van der Waals surface area contributed by atoms with Gasteiger partial charge in [0.05, 0.1) is 36.9 Å². The van der Waals surface area contributed by atoms with Gasteiger partial charge in [-0.05, 0) is 151 Å². The summed E-state index contributed by atoms with van der Waals surface area (Å²) in [5.41, 5.74) is 3.41. The van der Waals surface area contributed by atoms with Gasteiger partial charge in [0, 0.05) is 93.0 Å². The van der Waals surface area contributed by atoms with E-state index in [0.29, 0.717) is 84.1 Å². The number of aliphatic hydroxyl groups is 3. The zero-order chi connectivity index (χ0) is 73.2. The summed E-state index contributed by atoms with van der Waals surface area (Å²) >= 11 is 0. The summed E-state index contributed by atoms with van der Waals surface area (Å²) in [6.07, 6.45) is -1.58. The molecule has 3 N–H and O–H groups in total. The van der Waals surface area contributed by atoms with Gasteiger partial charge in [-0.1, -0.05) is 109 Å². The van der Waals surface area contributed by atoms with Crippen LogP contribution in [0.4, 0.5) is 53.9 Å². The summed E-state index contributed by atoms with van der Waals surface area (Å²) in [7, 11) is 0. The molecule has 548 valence electrons. The first-order chi connectivity index (χ1) is 48.7. The van der Waals surface area contributed by atoms with Gasteiger partial charge in [0.2, 0.25) is 0 Å². The number of hydrogen-bond acceptors (Lipinski definition) is 10. The van der Waals surface area contributed by atoms with Crippen LogP contribution in [0.15, 0.2) is 200 Å². The molecule has 3 fully saturated rings. The standard InChI is InChI=1S/C27H26F3NO4.C27H26F3NO3.C26H22F3NO3.CH3.BrH.Mg/c1-17(18-2-4-19(5-3-18)24-11-10-22(29)14-25(24)30)31-13-12-27(35-26(31)34,15-23(33)16-32)20-6-8-21(28)9-7-20;1-17(32)16-27(21-7-9-22(28)10-8-21)13-14-31(26(33)34-27)18(2)19-3-5-20(6-4-19)24-12-11-23(29)15-25(24)30;1-17(18-2-4-19(5-3-18)23-11-10-22(28)16-24(23)29)30-14-12-26(13-15-31,33-25(30)32)20-6-8-21(27)9-7-20;;;/h2-11,14,17,23,32-33H,12-13,15-16H2,1H3;3-12,15,17-18,32H,13-14,16H2,1-2H3;2-11,15-17H,12-14H2,1H3;1H3;1H;/q;;;-1;;+2/p-1/t17-,23?,27-;17?,18-,27-;17-,26-;;;/m000.../s1. The predicted octanol–water partition coefficient (Wildman–Crippen LogP) is 14.9. The molecule has 0 saturated carbocycles. The summed E-state index contributed by atoms with van der Waals surface area (Å²) in [4.78, 5) is 55.1. The molecule has 24 heteroatoms. The zero-order valence-corrected chi connectivity index (χ0v) is 61.1.